The van der Waals surface area contributed by atoms with E-state index in [0.29, 0.717) is 16.1 Å². The van der Waals surface area contributed by atoms with Crippen LogP contribution in [0.4, 0.5) is 5.13 Å². The molecule has 0 radical (unpaired) electrons. The van der Waals surface area contributed by atoms with Crippen LogP contribution in [0.5, 0.6) is 0 Å². The maximum absolute atomic E-state index is 11.7. The Kier molecular flexibility index (Phi) is 5.30. The Hall–Kier alpha value is -1.47. The zero-order valence-electron chi connectivity index (χ0n) is 12.5. The zero-order chi connectivity index (χ0) is 15.4. The highest BCUT2D eigenvalue weighted by Crippen LogP contribution is 2.29. The van der Waals surface area contributed by atoms with Gasteiger partial charge in [0.15, 0.2) is 16.6 Å². The lowest BCUT2D eigenvalue weighted by Crippen LogP contribution is -2.37. The van der Waals surface area contributed by atoms with Gasteiger partial charge in [-0.05, 0) is 19.8 Å². The first-order valence-corrected chi connectivity index (χ1v) is 7.85. The van der Waals surface area contributed by atoms with Crippen molar-refractivity contribution in [2.75, 3.05) is 31.7 Å². The number of aromatic nitrogens is 1. The Bertz CT molecular complexity index is 521. The SMILES string of the molecule is CCOC1CCN(c2nc(C(=O)OC)c(C(C)=O)s2)CC1. The minimum absolute atomic E-state index is 0.122. The maximum atomic E-state index is 11.7. The molecule has 1 saturated heterocycles. The summed E-state index contributed by atoms with van der Waals surface area (Å²) in [6.45, 7) is 5.79. The van der Waals surface area contributed by atoms with Gasteiger partial charge in [0.1, 0.15) is 4.88 Å². The van der Waals surface area contributed by atoms with Gasteiger partial charge in [-0.25, -0.2) is 9.78 Å². The number of hydrogen-bond donors (Lipinski definition) is 0. The van der Waals surface area contributed by atoms with E-state index in [4.69, 9.17) is 9.47 Å². The lowest BCUT2D eigenvalue weighted by atomic mass is 10.1. The number of Topliss-reactive ketones (excluding diaryl/α,β-unsaturated/α-hetero) is 1. The van der Waals surface area contributed by atoms with E-state index < -0.39 is 5.97 Å². The number of carbonyl (C=O) groups is 2. The van der Waals surface area contributed by atoms with Crippen molar-refractivity contribution in [2.24, 2.45) is 0 Å². The van der Waals surface area contributed by atoms with Crippen LogP contribution in [0.25, 0.3) is 0 Å². The Balaban J connectivity index is 2.14. The van der Waals surface area contributed by atoms with E-state index in [1.807, 2.05) is 6.92 Å². The molecule has 0 aromatic carbocycles. The van der Waals surface area contributed by atoms with Crippen LogP contribution >= 0.6 is 11.3 Å². The molecule has 0 saturated carbocycles. The number of ether oxygens (including phenoxy) is 2. The summed E-state index contributed by atoms with van der Waals surface area (Å²) in [5.74, 6) is -0.727. The van der Waals surface area contributed by atoms with Crippen LogP contribution < -0.4 is 4.90 Å². The molecule has 21 heavy (non-hydrogen) atoms. The summed E-state index contributed by atoms with van der Waals surface area (Å²) in [5, 5.41) is 0.704. The molecule has 2 rings (SSSR count). The van der Waals surface area contributed by atoms with Gasteiger partial charge in [-0.15, -0.1) is 0 Å². The first-order chi connectivity index (χ1) is 10.1. The number of piperidine rings is 1. The highest BCUT2D eigenvalue weighted by molar-refractivity contribution is 7.17. The minimum Gasteiger partial charge on any atom is -0.464 e. The van der Waals surface area contributed by atoms with Gasteiger partial charge in [-0.3, -0.25) is 4.79 Å². The highest BCUT2D eigenvalue weighted by atomic mass is 32.1. The quantitative estimate of drug-likeness (QED) is 0.613. The van der Waals surface area contributed by atoms with Crippen molar-refractivity contribution in [2.45, 2.75) is 32.8 Å². The predicted octanol–water partition coefficient (Wildman–Crippen LogP) is 2.14. The molecule has 1 aliphatic rings. The van der Waals surface area contributed by atoms with E-state index in [1.54, 1.807) is 0 Å². The normalized spacial score (nSPS) is 16.0. The molecule has 7 heteroatoms. The largest absolute Gasteiger partial charge is 0.464 e. The van der Waals surface area contributed by atoms with Gasteiger partial charge in [-0.1, -0.05) is 11.3 Å². The van der Waals surface area contributed by atoms with Crippen LogP contribution in [-0.2, 0) is 9.47 Å². The van der Waals surface area contributed by atoms with E-state index >= 15 is 0 Å². The molecule has 0 aliphatic carbocycles. The molecule has 0 unspecified atom stereocenters. The van der Waals surface area contributed by atoms with Crippen molar-refractivity contribution in [3.05, 3.63) is 10.6 Å². The predicted molar refractivity (Wildman–Crippen MR) is 80.3 cm³/mol. The summed E-state index contributed by atoms with van der Waals surface area (Å²) in [6.07, 6.45) is 2.14. The zero-order valence-corrected chi connectivity index (χ0v) is 13.4. The minimum atomic E-state index is -0.563. The van der Waals surface area contributed by atoms with Crippen LogP contribution in [0.1, 0.15) is 46.8 Å². The monoisotopic (exact) mass is 312 g/mol. The summed E-state index contributed by atoms with van der Waals surface area (Å²) in [5.41, 5.74) is 0.122. The summed E-state index contributed by atoms with van der Waals surface area (Å²) in [7, 11) is 1.29. The molecule has 6 nitrogen and oxygen atoms in total. The number of methoxy groups -OCH3 is 1. The van der Waals surface area contributed by atoms with Gasteiger partial charge in [-0.2, -0.15) is 0 Å². The maximum Gasteiger partial charge on any atom is 0.358 e. The van der Waals surface area contributed by atoms with E-state index in [1.165, 1.54) is 25.4 Å². The van der Waals surface area contributed by atoms with E-state index in [-0.39, 0.29) is 11.5 Å². The van der Waals surface area contributed by atoms with Gasteiger partial charge in [0.25, 0.3) is 0 Å². The van der Waals surface area contributed by atoms with Crippen LogP contribution in [0, 0.1) is 0 Å². The number of ketones is 1. The fourth-order valence-electron chi connectivity index (χ4n) is 2.37. The summed E-state index contributed by atoms with van der Waals surface area (Å²) in [4.78, 5) is 30.1. The van der Waals surface area contributed by atoms with Crippen molar-refractivity contribution < 1.29 is 19.1 Å². The molecule has 0 spiro atoms. The molecular formula is C14H20N2O4S. The number of carbonyl (C=O) groups excluding carboxylic acids is 2. The van der Waals surface area contributed by atoms with Crippen molar-refractivity contribution in [1.29, 1.82) is 0 Å². The third kappa shape index (κ3) is 3.59. The summed E-state index contributed by atoms with van der Waals surface area (Å²) >= 11 is 1.26. The fourth-order valence-corrected chi connectivity index (χ4v) is 3.37. The van der Waals surface area contributed by atoms with Crippen LogP contribution in [0.15, 0.2) is 0 Å². The fraction of sp³-hybridized carbons (Fsp3) is 0.643. The van der Waals surface area contributed by atoms with E-state index in [9.17, 15) is 9.59 Å². The number of anilines is 1. The molecule has 0 amide bonds. The van der Waals surface area contributed by atoms with Gasteiger partial charge in [0.05, 0.1) is 13.2 Å². The Morgan fingerprint density at radius 3 is 2.57 bits per heavy atom. The number of esters is 1. The van der Waals surface area contributed by atoms with Gasteiger partial charge in [0, 0.05) is 26.6 Å². The second kappa shape index (κ2) is 7.00. The average molecular weight is 312 g/mol. The average Bonchev–Trinajstić information content (AvgIpc) is 2.93. The summed E-state index contributed by atoms with van der Waals surface area (Å²) in [6, 6.07) is 0. The molecule has 0 atom stereocenters. The number of rotatable bonds is 5. The van der Waals surface area contributed by atoms with Gasteiger partial charge in [0.2, 0.25) is 0 Å². The number of hydrogen-bond acceptors (Lipinski definition) is 7. The molecule has 2 heterocycles. The smallest absolute Gasteiger partial charge is 0.358 e. The van der Waals surface area contributed by atoms with Gasteiger partial charge < -0.3 is 14.4 Å². The first-order valence-electron chi connectivity index (χ1n) is 7.03. The Labute approximate surface area is 128 Å². The topological polar surface area (TPSA) is 68.7 Å². The second-order valence-electron chi connectivity index (χ2n) is 4.86. The molecule has 1 aromatic heterocycles. The van der Waals surface area contributed by atoms with Gasteiger partial charge >= 0.3 is 5.97 Å². The van der Waals surface area contributed by atoms with Crippen molar-refractivity contribution in [3.63, 3.8) is 0 Å². The first kappa shape index (κ1) is 15.9. The molecule has 1 aromatic rings. The van der Waals surface area contributed by atoms with Crippen LogP contribution in [0.2, 0.25) is 0 Å². The highest BCUT2D eigenvalue weighted by Gasteiger charge is 2.26. The molecular weight excluding hydrogens is 292 g/mol. The van der Waals surface area contributed by atoms with Crippen molar-refractivity contribution >= 4 is 28.2 Å². The van der Waals surface area contributed by atoms with E-state index in [2.05, 4.69) is 9.88 Å². The molecule has 1 aliphatic heterocycles. The molecule has 116 valence electrons. The standard InChI is InChI=1S/C14H20N2O4S/c1-4-20-10-5-7-16(8-6-10)14-15-11(13(18)19-3)12(21-14)9(2)17/h10H,4-8H2,1-3H3. The van der Waals surface area contributed by atoms with Crippen LogP contribution in [-0.4, -0.2) is 49.6 Å². The van der Waals surface area contributed by atoms with Crippen molar-refractivity contribution in [1.82, 2.24) is 4.98 Å². The second-order valence-corrected chi connectivity index (χ2v) is 5.84. The molecule has 0 N–H and O–H groups in total. The third-order valence-electron chi connectivity index (χ3n) is 3.43. The number of thiazole rings is 1. The van der Waals surface area contributed by atoms with Crippen LogP contribution in [0.3, 0.4) is 0 Å². The van der Waals surface area contributed by atoms with Crippen molar-refractivity contribution in [3.8, 4) is 0 Å². The summed E-state index contributed by atoms with van der Waals surface area (Å²) < 4.78 is 10.3. The molecule has 1 fully saturated rings. The lowest BCUT2D eigenvalue weighted by Gasteiger charge is -2.31. The Morgan fingerprint density at radius 2 is 2.05 bits per heavy atom. The Morgan fingerprint density at radius 1 is 1.38 bits per heavy atom. The third-order valence-corrected chi connectivity index (χ3v) is 4.65. The lowest BCUT2D eigenvalue weighted by molar-refractivity contribution is 0.0458. The molecule has 0 bridgehead atoms. The number of nitrogens with zero attached hydrogens (tertiary/aromatic N) is 2. The van der Waals surface area contributed by atoms with E-state index in [0.717, 1.165) is 32.5 Å².